The van der Waals surface area contributed by atoms with Crippen molar-refractivity contribution in [2.45, 2.75) is 18.8 Å². The first kappa shape index (κ1) is 18.7. The normalized spacial score (nSPS) is 16.8. The zero-order valence-corrected chi connectivity index (χ0v) is 17.4. The molecule has 1 aliphatic rings. The van der Waals surface area contributed by atoms with Gasteiger partial charge in [-0.2, -0.15) is 5.10 Å². The number of benzene rings is 2. The number of aromatic nitrogens is 4. The highest BCUT2D eigenvalue weighted by atomic mass is 32.1. The number of carbonyl (C=O) groups is 1. The SMILES string of the molecule is Cn1nc([C@H]2CCCN(C(=O)c3ccc4ncsc4c3)C2)n(-c2ccccc2)c1=O. The molecule has 30 heavy (non-hydrogen) atoms. The highest BCUT2D eigenvalue weighted by molar-refractivity contribution is 7.16. The van der Waals surface area contributed by atoms with E-state index in [-0.39, 0.29) is 17.5 Å². The minimum atomic E-state index is -0.171. The number of rotatable bonds is 3. The Kier molecular flexibility index (Phi) is 4.71. The monoisotopic (exact) mass is 419 g/mol. The lowest BCUT2D eigenvalue weighted by molar-refractivity contribution is 0.0704. The van der Waals surface area contributed by atoms with Crippen LogP contribution in [0, 0.1) is 0 Å². The number of amides is 1. The highest BCUT2D eigenvalue weighted by Gasteiger charge is 2.30. The largest absolute Gasteiger partial charge is 0.350 e. The fraction of sp³-hybridized carbons (Fsp3) is 0.273. The molecule has 0 saturated carbocycles. The van der Waals surface area contributed by atoms with E-state index < -0.39 is 0 Å². The number of hydrogen-bond acceptors (Lipinski definition) is 5. The van der Waals surface area contributed by atoms with E-state index in [0.29, 0.717) is 24.5 Å². The molecule has 1 aliphatic heterocycles. The quantitative estimate of drug-likeness (QED) is 0.511. The van der Waals surface area contributed by atoms with Gasteiger partial charge in [-0.15, -0.1) is 11.3 Å². The van der Waals surface area contributed by atoms with E-state index in [2.05, 4.69) is 10.1 Å². The summed E-state index contributed by atoms with van der Waals surface area (Å²) < 4.78 is 4.06. The second-order valence-electron chi connectivity index (χ2n) is 7.56. The lowest BCUT2D eigenvalue weighted by Crippen LogP contribution is -2.40. The lowest BCUT2D eigenvalue weighted by Gasteiger charge is -2.32. The Balaban J connectivity index is 1.45. The molecule has 0 N–H and O–H groups in total. The summed E-state index contributed by atoms with van der Waals surface area (Å²) in [6, 6.07) is 15.2. The number of thiazole rings is 1. The van der Waals surface area contributed by atoms with E-state index >= 15 is 0 Å². The third kappa shape index (κ3) is 3.23. The molecule has 8 heteroatoms. The molecule has 3 heterocycles. The maximum Gasteiger partial charge on any atom is 0.350 e. The van der Waals surface area contributed by atoms with Gasteiger partial charge in [0.25, 0.3) is 5.91 Å². The van der Waals surface area contributed by atoms with Gasteiger partial charge in [0.05, 0.1) is 21.4 Å². The summed E-state index contributed by atoms with van der Waals surface area (Å²) in [4.78, 5) is 32.1. The van der Waals surface area contributed by atoms with Crippen LogP contribution in [0.1, 0.15) is 34.9 Å². The Hall–Kier alpha value is -3.26. The molecular formula is C22H21N5O2S. The maximum absolute atomic E-state index is 13.2. The predicted molar refractivity (Wildman–Crippen MR) is 116 cm³/mol. The van der Waals surface area contributed by atoms with Gasteiger partial charge in [-0.25, -0.2) is 19.0 Å². The topological polar surface area (TPSA) is 73.0 Å². The van der Waals surface area contributed by atoms with E-state index in [1.807, 2.05) is 53.4 Å². The van der Waals surface area contributed by atoms with Crippen LogP contribution in [0.5, 0.6) is 0 Å². The van der Waals surface area contributed by atoms with Gasteiger partial charge in [0, 0.05) is 31.6 Å². The molecule has 5 rings (SSSR count). The zero-order valence-electron chi connectivity index (χ0n) is 16.6. The molecule has 7 nitrogen and oxygen atoms in total. The Bertz CT molecular complexity index is 1270. The predicted octanol–water partition coefficient (Wildman–Crippen LogP) is 3.20. The van der Waals surface area contributed by atoms with Gasteiger partial charge in [-0.1, -0.05) is 18.2 Å². The summed E-state index contributed by atoms with van der Waals surface area (Å²) in [7, 11) is 1.67. The first-order chi connectivity index (χ1) is 14.6. The minimum absolute atomic E-state index is 0.00365. The molecule has 1 atom stereocenters. The van der Waals surface area contributed by atoms with Crippen LogP contribution in [0.15, 0.2) is 58.8 Å². The van der Waals surface area contributed by atoms with Gasteiger partial charge in [-0.3, -0.25) is 4.79 Å². The third-order valence-corrected chi connectivity index (χ3v) is 6.41. The van der Waals surface area contributed by atoms with Crippen molar-refractivity contribution in [3.05, 3.63) is 75.9 Å². The molecule has 1 fully saturated rings. The summed E-state index contributed by atoms with van der Waals surface area (Å²) in [5.74, 6) is 0.729. The second-order valence-corrected chi connectivity index (χ2v) is 8.45. The van der Waals surface area contributed by atoms with Crippen molar-refractivity contribution in [3.8, 4) is 5.69 Å². The number of hydrogen-bond donors (Lipinski definition) is 0. The fourth-order valence-electron chi connectivity index (χ4n) is 4.11. The molecule has 2 aromatic heterocycles. The first-order valence-electron chi connectivity index (χ1n) is 9.96. The van der Waals surface area contributed by atoms with Gasteiger partial charge in [0.15, 0.2) is 0 Å². The third-order valence-electron chi connectivity index (χ3n) is 5.62. The Morgan fingerprint density at radius 2 is 2.00 bits per heavy atom. The Morgan fingerprint density at radius 3 is 2.83 bits per heavy atom. The molecular weight excluding hydrogens is 398 g/mol. The number of fused-ring (bicyclic) bond motifs is 1. The van der Waals surface area contributed by atoms with Crippen LogP contribution < -0.4 is 5.69 Å². The second kappa shape index (κ2) is 7.53. The van der Waals surface area contributed by atoms with Crippen molar-refractivity contribution in [1.82, 2.24) is 24.2 Å². The molecule has 0 aliphatic carbocycles. The number of likely N-dealkylation sites (tertiary alicyclic amines) is 1. The lowest BCUT2D eigenvalue weighted by atomic mass is 9.96. The van der Waals surface area contributed by atoms with E-state index in [4.69, 9.17) is 0 Å². The van der Waals surface area contributed by atoms with Crippen molar-refractivity contribution in [2.24, 2.45) is 7.05 Å². The van der Waals surface area contributed by atoms with Gasteiger partial charge in [0.1, 0.15) is 5.82 Å². The number of piperidine rings is 1. The standard InChI is InChI=1S/C22H21N5O2S/c1-25-22(29)27(17-7-3-2-4-8-17)20(24-25)16-6-5-11-26(13-16)21(28)15-9-10-18-19(12-15)30-14-23-18/h2-4,7-10,12,14,16H,5-6,11,13H2,1H3/t16-/m0/s1. The van der Waals surface area contributed by atoms with Crippen LogP contribution in [-0.4, -0.2) is 43.2 Å². The summed E-state index contributed by atoms with van der Waals surface area (Å²) in [5.41, 5.74) is 4.00. The molecule has 0 spiro atoms. The Labute approximate surface area is 177 Å². The van der Waals surface area contributed by atoms with Crippen molar-refractivity contribution < 1.29 is 4.79 Å². The average Bonchev–Trinajstić information content (AvgIpc) is 3.37. The van der Waals surface area contributed by atoms with Crippen molar-refractivity contribution in [1.29, 1.82) is 0 Å². The van der Waals surface area contributed by atoms with Crippen LogP contribution >= 0.6 is 11.3 Å². The number of aryl methyl sites for hydroxylation is 1. The molecule has 2 aromatic carbocycles. The number of para-hydroxylation sites is 1. The summed E-state index contributed by atoms with van der Waals surface area (Å²) in [5, 5.41) is 4.53. The molecule has 1 saturated heterocycles. The molecule has 4 aromatic rings. The number of carbonyl (C=O) groups excluding carboxylic acids is 1. The van der Waals surface area contributed by atoms with E-state index in [9.17, 15) is 9.59 Å². The molecule has 0 radical (unpaired) electrons. The molecule has 1 amide bonds. The van der Waals surface area contributed by atoms with Gasteiger partial charge in [-0.05, 0) is 43.2 Å². The van der Waals surface area contributed by atoms with E-state index in [1.54, 1.807) is 17.1 Å². The summed E-state index contributed by atoms with van der Waals surface area (Å²) in [6.07, 6.45) is 1.76. The summed E-state index contributed by atoms with van der Waals surface area (Å²) >= 11 is 1.53. The van der Waals surface area contributed by atoms with Crippen molar-refractivity contribution in [2.75, 3.05) is 13.1 Å². The zero-order chi connectivity index (χ0) is 20.7. The number of nitrogens with zero attached hydrogens (tertiary/aromatic N) is 5. The van der Waals surface area contributed by atoms with Gasteiger partial charge >= 0.3 is 5.69 Å². The summed E-state index contributed by atoms with van der Waals surface area (Å²) in [6.45, 7) is 1.25. The fourth-order valence-corrected chi connectivity index (χ4v) is 4.83. The molecule has 0 bridgehead atoms. The smallest absolute Gasteiger partial charge is 0.338 e. The van der Waals surface area contributed by atoms with E-state index in [1.165, 1.54) is 16.0 Å². The Morgan fingerprint density at radius 1 is 1.17 bits per heavy atom. The molecule has 152 valence electrons. The van der Waals surface area contributed by atoms with Gasteiger partial charge < -0.3 is 4.90 Å². The van der Waals surface area contributed by atoms with Crippen molar-refractivity contribution >= 4 is 27.5 Å². The van der Waals surface area contributed by atoms with E-state index in [0.717, 1.165) is 28.7 Å². The van der Waals surface area contributed by atoms with Crippen molar-refractivity contribution in [3.63, 3.8) is 0 Å². The maximum atomic E-state index is 13.2. The van der Waals surface area contributed by atoms with Crippen LogP contribution in [0.3, 0.4) is 0 Å². The van der Waals surface area contributed by atoms with Gasteiger partial charge in [0.2, 0.25) is 0 Å². The van der Waals surface area contributed by atoms with Crippen LogP contribution in [0.25, 0.3) is 15.9 Å². The van der Waals surface area contributed by atoms with Crippen LogP contribution in [0.4, 0.5) is 0 Å². The molecule has 0 unspecified atom stereocenters. The average molecular weight is 420 g/mol. The highest BCUT2D eigenvalue weighted by Crippen LogP contribution is 2.28. The van der Waals surface area contributed by atoms with Crippen LogP contribution in [0.2, 0.25) is 0 Å². The van der Waals surface area contributed by atoms with Crippen LogP contribution in [-0.2, 0) is 7.05 Å². The first-order valence-corrected chi connectivity index (χ1v) is 10.8. The minimum Gasteiger partial charge on any atom is -0.338 e.